The molecule has 3 rings (SSSR count). The van der Waals surface area contributed by atoms with Crippen molar-refractivity contribution in [1.82, 2.24) is 15.1 Å². The Morgan fingerprint density at radius 1 is 1.20 bits per heavy atom. The topological polar surface area (TPSA) is 86.8 Å². The second-order valence-corrected chi connectivity index (χ2v) is 7.44. The highest BCUT2D eigenvalue weighted by atomic mass is 19.4. The highest BCUT2D eigenvalue weighted by molar-refractivity contribution is 6.10. The largest absolute Gasteiger partial charge is 0.416 e. The molecule has 0 aromatic heterocycles. The van der Waals surface area contributed by atoms with Gasteiger partial charge in [0.2, 0.25) is 23.6 Å². The van der Waals surface area contributed by atoms with Gasteiger partial charge >= 0.3 is 6.18 Å². The van der Waals surface area contributed by atoms with Crippen molar-refractivity contribution in [2.75, 3.05) is 26.2 Å². The number of rotatable bonds is 4. The summed E-state index contributed by atoms with van der Waals surface area (Å²) < 4.78 is 39.8. The molecule has 1 aromatic carbocycles. The molecule has 2 saturated heterocycles. The lowest BCUT2D eigenvalue weighted by Crippen LogP contribution is -2.44. The van der Waals surface area contributed by atoms with E-state index in [4.69, 9.17) is 0 Å². The highest BCUT2D eigenvalue weighted by Gasteiger charge is 2.54. The standard InChI is InChI=1S/C20H22F3N3O4/c1-2-26-17(29)12-19(18(26)30,13-4-3-5-14(10-13)20(21,22)23)11-16(28)25-8-6-15(27)24-7-9-25/h3-5,10H,2,6-9,11-12H2,1H3,(H,24,27)/t19-/m1/s1. The number of imide groups is 1. The normalized spacial score (nSPS) is 22.9. The third-order valence-electron chi connectivity index (χ3n) is 5.59. The van der Waals surface area contributed by atoms with Crippen molar-refractivity contribution in [3.05, 3.63) is 35.4 Å². The van der Waals surface area contributed by atoms with Crippen LogP contribution in [-0.4, -0.2) is 59.6 Å². The lowest BCUT2D eigenvalue weighted by atomic mass is 9.75. The summed E-state index contributed by atoms with van der Waals surface area (Å²) in [6.07, 6.45) is -5.36. The van der Waals surface area contributed by atoms with E-state index in [0.29, 0.717) is 0 Å². The van der Waals surface area contributed by atoms with Crippen LogP contribution in [0.1, 0.15) is 37.3 Å². The molecular weight excluding hydrogens is 403 g/mol. The summed E-state index contributed by atoms with van der Waals surface area (Å²) in [6.45, 7) is 2.27. The molecule has 2 aliphatic rings. The number of likely N-dealkylation sites (N-methyl/N-ethyl adjacent to an activating group) is 1. The third-order valence-corrected chi connectivity index (χ3v) is 5.59. The van der Waals surface area contributed by atoms with Gasteiger partial charge < -0.3 is 10.2 Å². The number of amides is 4. The molecule has 10 heteroatoms. The van der Waals surface area contributed by atoms with Gasteiger partial charge in [0.25, 0.3) is 0 Å². The fraction of sp³-hybridized carbons (Fsp3) is 0.500. The number of carbonyl (C=O) groups is 4. The molecule has 2 fully saturated rings. The number of nitrogens with one attached hydrogen (secondary N) is 1. The highest BCUT2D eigenvalue weighted by Crippen LogP contribution is 2.42. The molecule has 7 nitrogen and oxygen atoms in total. The van der Waals surface area contributed by atoms with Gasteiger partial charge in [-0.15, -0.1) is 0 Å². The zero-order valence-corrected chi connectivity index (χ0v) is 16.4. The van der Waals surface area contributed by atoms with Crippen molar-refractivity contribution in [2.45, 2.75) is 37.8 Å². The lowest BCUT2D eigenvalue weighted by molar-refractivity contribution is -0.143. The van der Waals surface area contributed by atoms with Crippen molar-refractivity contribution in [3.8, 4) is 0 Å². The van der Waals surface area contributed by atoms with Crippen molar-refractivity contribution >= 4 is 23.6 Å². The van der Waals surface area contributed by atoms with Gasteiger partial charge in [-0.3, -0.25) is 24.1 Å². The Labute approximate surface area is 171 Å². The Kier molecular flexibility index (Phi) is 5.87. The molecule has 0 radical (unpaired) electrons. The maximum atomic E-state index is 13.3. The summed E-state index contributed by atoms with van der Waals surface area (Å²) in [5.74, 6) is -1.89. The van der Waals surface area contributed by atoms with Crippen LogP contribution in [0.15, 0.2) is 24.3 Å². The molecular formula is C20H22F3N3O4. The van der Waals surface area contributed by atoms with Crippen molar-refractivity contribution < 1.29 is 32.3 Å². The van der Waals surface area contributed by atoms with E-state index < -0.39 is 41.3 Å². The number of benzene rings is 1. The van der Waals surface area contributed by atoms with Crippen LogP contribution in [-0.2, 0) is 30.8 Å². The molecule has 0 saturated carbocycles. The Hall–Kier alpha value is -2.91. The van der Waals surface area contributed by atoms with Gasteiger partial charge in [-0.2, -0.15) is 13.2 Å². The van der Waals surface area contributed by atoms with Crippen molar-refractivity contribution in [3.63, 3.8) is 0 Å². The maximum absolute atomic E-state index is 13.3. The minimum absolute atomic E-state index is 0.0102. The minimum atomic E-state index is -4.63. The Morgan fingerprint density at radius 3 is 2.57 bits per heavy atom. The summed E-state index contributed by atoms with van der Waals surface area (Å²) in [6, 6.07) is 4.24. The molecule has 1 aromatic rings. The average molecular weight is 425 g/mol. The molecule has 2 aliphatic heterocycles. The number of hydrogen-bond donors (Lipinski definition) is 1. The van der Waals surface area contributed by atoms with Crippen LogP contribution in [0, 0.1) is 0 Å². The van der Waals surface area contributed by atoms with E-state index in [1.165, 1.54) is 17.0 Å². The van der Waals surface area contributed by atoms with Crippen LogP contribution in [0.3, 0.4) is 0 Å². The molecule has 162 valence electrons. The first kappa shape index (κ1) is 21.8. The molecule has 0 spiro atoms. The van der Waals surface area contributed by atoms with Gasteiger partial charge in [0.05, 0.1) is 11.0 Å². The summed E-state index contributed by atoms with van der Waals surface area (Å²) >= 11 is 0. The van der Waals surface area contributed by atoms with Gasteiger partial charge in [0.1, 0.15) is 0 Å². The number of halogens is 3. The number of nitrogens with zero attached hydrogens (tertiary/aromatic N) is 2. The number of hydrogen-bond acceptors (Lipinski definition) is 4. The average Bonchev–Trinajstić information content (AvgIpc) is 2.82. The monoisotopic (exact) mass is 425 g/mol. The van der Waals surface area contributed by atoms with Crippen LogP contribution in [0.25, 0.3) is 0 Å². The van der Waals surface area contributed by atoms with E-state index in [0.717, 1.165) is 17.0 Å². The van der Waals surface area contributed by atoms with Crippen LogP contribution in [0.5, 0.6) is 0 Å². The van der Waals surface area contributed by atoms with Crippen LogP contribution in [0.4, 0.5) is 13.2 Å². The fourth-order valence-electron chi connectivity index (χ4n) is 3.97. The zero-order valence-electron chi connectivity index (χ0n) is 16.4. The van der Waals surface area contributed by atoms with Gasteiger partial charge in [0.15, 0.2) is 0 Å². The zero-order chi connectivity index (χ0) is 22.1. The molecule has 0 unspecified atom stereocenters. The van der Waals surface area contributed by atoms with E-state index in [1.54, 1.807) is 6.92 Å². The van der Waals surface area contributed by atoms with Gasteiger partial charge in [0, 0.05) is 45.4 Å². The molecule has 1 N–H and O–H groups in total. The maximum Gasteiger partial charge on any atom is 0.416 e. The SMILES string of the molecule is CCN1C(=O)C[C@](CC(=O)N2CCNC(=O)CC2)(c2cccc(C(F)(F)F)c2)C1=O. The fourth-order valence-corrected chi connectivity index (χ4v) is 3.97. The van der Waals surface area contributed by atoms with Gasteiger partial charge in [-0.1, -0.05) is 18.2 Å². The first-order valence-electron chi connectivity index (χ1n) is 9.65. The molecule has 0 bridgehead atoms. The van der Waals surface area contributed by atoms with E-state index in [9.17, 15) is 32.3 Å². The van der Waals surface area contributed by atoms with Crippen molar-refractivity contribution in [2.24, 2.45) is 0 Å². The predicted octanol–water partition coefficient (Wildman–Crippen LogP) is 1.46. The summed E-state index contributed by atoms with van der Waals surface area (Å²) in [5.41, 5.74) is -2.66. The minimum Gasteiger partial charge on any atom is -0.354 e. The van der Waals surface area contributed by atoms with Gasteiger partial charge in [-0.25, -0.2) is 0 Å². The van der Waals surface area contributed by atoms with Crippen LogP contribution >= 0.6 is 0 Å². The van der Waals surface area contributed by atoms with E-state index in [-0.39, 0.29) is 50.5 Å². The predicted molar refractivity (Wildman–Crippen MR) is 99.0 cm³/mol. The number of alkyl halides is 3. The van der Waals surface area contributed by atoms with Crippen molar-refractivity contribution in [1.29, 1.82) is 0 Å². The number of carbonyl (C=O) groups excluding carboxylic acids is 4. The van der Waals surface area contributed by atoms with E-state index >= 15 is 0 Å². The Bertz CT molecular complexity index is 886. The lowest BCUT2D eigenvalue weighted by Gasteiger charge is -2.30. The molecule has 2 heterocycles. The Balaban J connectivity index is 2.00. The molecule has 30 heavy (non-hydrogen) atoms. The quantitative estimate of drug-likeness (QED) is 0.740. The third kappa shape index (κ3) is 4.03. The van der Waals surface area contributed by atoms with E-state index in [2.05, 4.69) is 5.32 Å². The van der Waals surface area contributed by atoms with E-state index in [1.807, 2.05) is 0 Å². The van der Waals surface area contributed by atoms with Crippen LogP contribution in [0.2, 0.25) is 0 Å². The smallest absolute Gasteiger partial charge is 0.354 e. The first-order valence-corrected chi connectivity index (χ1v) is 9.65. The number of likely N-dealkylation sites (tertiary alicyclic amines) is 1. The first-order chi connectivity index (χ1) is 14.1. The van der Waals surface area contributed by atoms with Gasteiger partial charge in [-0.05, 0) is 18.6 Å². The molecule has 4 amide bonds. The molecule has 0 aliphatic carbocycles. The summed E-state index contributed by atoms with van der Waals surface area (Å²) in [4.78, 5) is 52.5. The second-order valence-electron chi connectivity index (χ2n) is 7.44. The summed E-state index contributed by atoms with van der Waals surface area (Å²) in [7, 11) is 0. The summed E-state index contributed by atoms with van der Waals surface area (Å²) in [5, 5.41) is 2.63. The Morgan fingerprint density at radius 2 is 1.93 bits per heavy atom. The van der Waals surface area contributed by atoms with Crippen LogP contribution < -0.4 is 5.32 Å². The molecule has 1 atom stereocenters. The second kappa shape index (κ2) is 8.08.